The first-order valence-corrected chi connectivity index (χ1v) is 4.26. The zero-order valence-corrected chi connectivity index (χ0v) is 10.1. The quantitative estimate of drug-likeness (QED) is 0.483. The minimum Gasteiger partial charge on any atom is -0.303 e. The molecule has 1 aromatic rings. The topological polar surface area (TPSA) is 77.8 Å². The Kier molecular flexibility index (Phi) is 10.5. The van der Waals surface area contributed by atoms with Gasteiger partial charge in [-0.1, -0.05) is 0 Å². The van der Waals surface area contributed by atoms with E-state index in [1.165, 1.54) is 0 Å². The summed E-state index contributed by atoms with van der Waals surface area (Å²) >= 11 is 0. The van der Waals surface area contributed by atoms with Crippen molar-refractivity contribution in [2.24, 2.45) is 0 Å². The normalized spacial score (nSPS) is 8.92. The average Bonchev–Trinajstić information content (AvgIpc) is 1.88. The van der Waals surface area contributed by atoms with Crippen molar-refractivity contribution >= 4 is 7.82 Å². The van der Waals surface area contributed by atoms with Crippen LogP contribution >= 0.6 is 7.82 Å². The molecule has 0 aliphatic heterocycles. The Morgan fingerprint density at radius 1 is 1.00 bits per heavy atom. The van der Waals surface area contributed by atoms with Gasteiger partial charge in [-0.15, -0.1) is 0 Å². The molecule has 0 saturated heterocycles. The average molecular weight is 315 g/mol. The fourth-order valence-corrected chi connectivity index (χ4v) is 0.342. The molecule has 6 heteroatoms. The van der Waals surface area contributed by atoms with Gasteiger partial charge in [0.05, 0.1) is 0 Å². The Balaban J connectivity index is 0. The largest absolute Gasteiger partial charge is 0.466 e. The van der Waals surface area contributed by atoms with Crippen molar-refractivity contribution in [1.29, 1.82) is 0 Å². The molecule has 66 valence electrons. The number of hydrogen-bond acceptors (Lipinski definition) is 1. The van der Waals surface area contributed by atoms with E-state index in [1.807, 2.05) is 30.3 Å². The van der Waals surface area contributed by atoms with E-state index < -0.39 is 7.82 Å². The van der Waals surface area contributed by atoms with Crippen LogP contribution in [0, 0.1) is 47.8 Å². The minimum atomic E-state index is -4.64. The second kappa shape index (κ2) is 8.31. The Hall–Kier alpha value is 0.707. The molecule has 1 rings (SSSR count). The molecule has 0 spiro atoms. The van der Waals surface area contributed by atoms with Crippen LogP contribution in [0.3, 0.4) is 0 Å². The summed E-state index contributed by atoms with van der Waals surface area (Å²) < 4.78 is 8.88. The van der Waals surface area contributed by atoms with Gasteiger partial charge in [-0.05, 0) is 0 Å². The molecule has 0 atom stereocenters. The molecular weight excluding hydrogens is 307 g/mol. The van der Waals surface area contributed by atoms with Crippen LogP contribution in [0.1, 0.15) is 0 Å². The fraction of sp³-hybridized carbons (Fsp3) is 0. The maximum atomic E-state index is 8.88. The standard InChI is InChI=1S/C6H5.Ce.H3O4P/c1-2-4-6-5-3-1;;1-5(2,3)4/h1-5H;;(H3,1,2,3,4)/q-1;;. The first-order chi connectivity index (χ1) is 5.00. The number of hydrogen-bond donors (Lipinski definition) is 3. The van der Waals surface area contributed by atoms with E-state index >= 15 is 0 Å². The first-order valence-electron chi connectivity index (χ1n) is 2.69. The van der Waals surface area contributed by atoms with Crippen LogP contribution in [-0.4, -0.2) is 14.7 Å². The number of phosphoric acid groups is 1. The Labute approximate surface area is 104 Å². The minimum absolute atomic E-state index is 0. The maximum Gasteiger partial charge on any atom is 0.466 e. The number of rotatable bonds is 0. The van der Waals surface area contributed by atoms with Crippen molar-refractivity contribution in [2.75, 3.05) is 0 Å². The van der Waals surface area contributed by atoms with Gasteiger partial charge >= 0.3 is 7.82 Å². The van der Waals surface area contributed by atoms with E-state index in [-0.39, 0.29) is 41.7 Å². The van der Waals surface area contributed by atoms with Crippen molar-refractivity contribution in [2.45, 2.75) is 0 Å². The second-order valence-corrected chi connectivity index (χ2v) is 2.62. The molecule has 0 radical (unpaired) electrons. The summed E-state index contributed by atoms with van der Waals surface area (Å²) in [6.45, 7) is 0. The summed E-state index contributed by atoms with van der Waals surface area (Å²) in [4.78, 5) is 21.6. The van der Waals surface area contributed by atoms with E-state index in [1.54, 1.807) is 0 Å². The third kappa shape index (κ3) is 22.4. The van der Waals surface area contributed by atoms with E-state index in [4.69, 9.17) is 19.2 Å². The van der Waals surface area contributed by atoms with Crippen LogP contribution in [0.5, 0.6) is 0 Å². The predicted molar refractivity (Wildman–Crippen MR) is 39.5 cm³/mol. The molecule has 0 aromatic heterocycles. The van der Waals surface area contributed by atoms with Crippen molar-refractivity contribution in [3.05, 3.63) is 36.4 Å². The third-order valence-corrected chi connectivity index (χ3v) is 0.607. The SMILES string of the molecule is O=P(O)(O)O.[Ce].[c-]1ccccc1. The maximum absolute atomic E-state index is 8.88. The molecule has 0 amide bonds. The molecule has 0 saturated carbocycles. The molecule has 12 heavy (non-hydrogen) atoms. The van der Waals surface area contributed by atoms with Crippen LogP contribution in [0.25, 0.3) is 0 Å². The molecular formula is C6H8CeO4P-. The van der Waals surface area contributed by atoms with E-state index in [9.17, 15) is 0 Å². The summed E-state index contributed by atoms with van der Waals surface area (Å²) in [5.41, 5.74) is 0. The van der Waals surface area contributed by atoms with Gasteiger partial charge in [0.2, 0.25) is 0 Å². The fourth-order valence-electron chi connectivity index (χ4n) is 0.342. The van der Waals surface area contributed by atoms with Gasteiger partial charge in [0.15, 0.2) is 0 Å². The molecule has 0 heterocycles. The predicted octanol–water partition coefficient (Wildman–Crippen LogP) is 0.558. The van der Waals surface area contributed by atoms with Gasteiger partial charge in [-0.3, -0.25) is 0 Å². The van der Waals surface area contributed by atoms with E-state index in [2.05, 4.69) is 6.07 Å². The first kappa shape index (κ1) is 15.2. The van der Waals surface area contributed by atoms with Crippen molar-refractivity contribution in [3.63, 3.8) is 0 Å². The van der Waals surface area contributed by atoms with Crippen LogP contribution in [0.15, 0.2) is 30.3 Å². The molecule has 3 N–H and O–H groups in total. The van der Waals surface area contributed by atoms with Gasteiger partial charge in [0, 0.05) is 41.7 Å². The Morgan fingerprint density at radius 2 is 1.33 bits per heavy atom. The third-order valence-electron chi connectivity index (χ3n) is 0.607. The smallest absolute Gasteiger partial charge is 0.303 e. The van der Waals surface area contributed by atoms with Crippen LogP contribution in [0.2, 0.25) is 0 Å². The summed E-state index contributed by atoms with van der Waals surface area (Å²) in [5, 5.41) is 0. The van der Waals surface area contributed by atoms with Gasteiger partial charge < -0.3 is 14.7 Å². The van der Waals surface area contributed by atoms with Crippen LogP contribution in [-0.2, 0) is 4.57 Å². The van der Waals surface area contributed by atoms with Gasteiger partial charge in [0.25, 0.3) is 0 Å². The molecule has 0 bridgehead atoms. The molecule has 0 aliphatic carbocycles. The van der Waals surface area contributed by atoms with Crippen LogP contribution < -0.4 is 0 Å². The van der Waals surface area contributed by atoms with Gasteiger partial charge in [-0.2, -0.15) is 36.4 Å². The van der Waals surface area contributed by atoms with E-state index in [0.717, 1.165) is 0 Å². The van der Waals surface area contributed by atoms with E-state index in [0.29, 0.717) is 0 Å². The van der Waals surface area contributed by atoms with Crippen molar-refractivity contribution in [1.82, 2.24) is 0 Å². The molecule has 4 nitrogen and oxygen atoms in total. The molecule has 0 aliphatic rings. The molecule has 1 aromatic carbocycles. The molecule has 0 unspecified atom stereocenters. The van der Waals surface area contributed by atoms with Crippen LogP contribution in [0.4, 0.5) is 0 Å². The summed E-state index contributed by atoms with van der Waals surface area (Å²) in [6.07, 6.45) is 0. The van der Waals surface area contributed by atoms with Crippen molar-refractivity contribution in [3.8, 4) is 0 Å². The van der Waals surface area contributed by atoms with Gasteiger partial charge in [-0.25, -0.2) is 4.57 Å². The Bertz CT molecular complexity index is 187. The summed E-state index contributed by atoms with van der Waals surface area (Å²) in [6, 6.07) is 12.5. The number of benzene rings is 1. The van der Waals surface area contributed by atoms with Crippen molar-refractivity contribution < 1.29 is 61.0 Å². The summed E-state index contributed by atoms with van der Waals surface area (Å²) in [5.74, 6) is 0. The second-order valence-electron chi connectivity index (χ2n) is 1.59. The molecule has 0 fully saturated rings. The monoisotopic (exact) mass is 315 g/mol. The Morgan fingerprint density at radius 3 is 1.42 bits per heavy atom. The zero-order chi connectivity index (χ0) is 8.74. The summed E-state index contributed by atoms with van der Waals surface area (Å²) in [7, 11) is -4.64. The zero-order valence-electron chi connectivity index (χ0n) is 6.08. The van der Waals surface area contributed by atoms with Gasteiger partial charge in [0.1, 0.15) is 0 Å².